The lowest BCUT2D eigenvalue weighted by atomic mass is 10.0. The molecule has 2 heterocycles. The van der Waals surface area contributed by atoms with Crippen molar-refractivity contribution in [1.82, 2.24) is 15.0 Å². The summed E-state index contributed by atoms with van der Waals surface area (Å²) in [6.07, 6.45) is 0. The van der Waals surface area contributed by atoms with E-state index in [1.54, 1.807) is 0 Å². The van der Waals surface area contributed by atoms with Gasteiger partial charge in [-0.3, -0.25) is 9.69 Å². The largest absolute Gasteiger partial charge is 0.481 e. The lowest BCUT2D eigenvalue weighted by molar-refractivity contribution is -0.143. The van der Waals surface area contributed by atoms with Crippen LogP contribution < -0.4 is 0 Å². The molecular weight excluding hydrogens is 250 g/mol. The number of nitrogens with zero attached hydrogens (tertiary/aromatic N) is 3. The molecule has 0 aromatic carbocycles. The zero-order chi connectivity index (χ0) is 14.0. The van der Waals surface area contributed by atoms with Gasteiger partial charge in [-0.2, -0.15) is 4.98 Å². The highest BCUT2D eigenvalue weighted by atomic mass is 16.5. The average Bonchev–Trinajstić information content (AvgIpc) is 2.96. The van der Waals surface area contributed by atoms with E-state index >= 15 is 0 Å². The van der Waals surface area contributed by atoms with Crippen molar-refractivity contribution in [2.45, 2.75) is 32.4 Å². The molecule has 2 unspecified atom stereocenters. The van der Waals surface area contributed by atoms with E-state index in [4.69, 9.17) is 14.4 Å². The lowest BCUT2D eigenvalue weighted by Gasteiger charge is -2.24. The summed E-state index contributed by atoms with van der Waals surface area (Å²) in [6.45, 7) is 5.09. The van der Waals surface area contributed by atoms with E-state index in [1.807, 2.05) is 25.8 Å². The number of likely N-dealkylation sites (N-methyl/N-ethyl adjacent to an activating group) is 1. The lowest BCUT2D eigenvalue weighted by Crippen LogP contribution is -2.40. The van der Waals surface area contributed by atoms with Crippen molar-refractivity contribution in [3.05, 3.63) is 11.7 Å². The Kier molecular flexibility index (Phi) is 4.16. The third-order valence-corrected chi connectivity index (χ3v) is 3.30. The summed E-state index contributed by atoms with van der Waals surface area (Å²) >= 11 is 0. The van der Waals surface area contributed by atoms with Gasteiger partial charge in [0, 0.05) is 12.0 Å². The fourth-order valence-corrected chi connectivity index (χ4v) is 2.12. The van der Waals surface area contributed by atoms with E-state index in [1.165, 1.54) is 0 Å². The van der Waals surface area contributed by atoms with Gasteiger partial charge in [-0.15, -0.1) is 0 Å². The SMILES string of the molecule is CC(C)c1nc(CN(C)C2COCC2C(=O)O)no1. The molecule has 1 aromatic rings. The van der Waals surface area contributed by atoms with Crippen LogP contribution in [0.4, 0.5) is 0 Å². The zero-order valence-corrected chi connectivity index (χ0v) is 11.4. The van der Waals surface area contributed by atoms with Crippen LogP contribution in [0.25, 0.3) is 0 Å². The molecule has 2 atom stereocenters. The maximum absolute atomic E-state index is 11.1. The van der Waals surface area contributed by atoms with Gasteiger partial charge in [0.2, 0.25) is 5.89 Å². The van der Waals surface area contributed by atoms with Crippen LogP contribution in [0, 0.1) is 5.92 Å². The van der Waals surface area contributed by atoms with Gasteiger partial charge in [0.05, 0.1) is 25.7 Å². The summed E-state index contributed by atoms with van der Waals surface area (Å²) in [4.78, 5) is 17.3. The van der Waals surface area contributed by atoms with E-state index in [9.17, 15) is 4.79 Å². The first kappa shape index (κ1) is 14.0. The van der Waals surface area contributed by atoms with Crippen LogP contribution in [0.2, 0.25) is 0 Å². The van der Waals surface area contributed by atoms with Gasteiger partial charge < -0.3 is 14.4 Å². The predicted molar refractivity (Wildman–Crippen MR) is 65.6 cm³/mol. The Morgan fingerprint density at radius 3 is 2.84 bits per heavy atom. The number of rotatable bonds is 5. The van der Waals surface area contributed by atoms with Crippen molar-refractivity contribution < 1.29 is 19.2 Å². The van der Waals surface area contributed by atoms with Crippen LogP contribution in [-0.4, -0.2) is 52.4 Å². The number of ether oxygens (including phenoxy) is 1. The summed E-state index contributed by atoms with van der Waals surface area (Å²) in [6, 6.07) is -0.154. The first-order chi connectivity index (χ1) is 8.99. The maximum atomic E-state index is 11.1. The number of carboxylic acids is 1. The minimum Gasteiger partial charge on any atom is -0.481 e. The Labute approximate surface area is 111 Å². The molecule has 7 heteroatoms. The monoisotopic (exact) mass is 269 g/mol. The van der Waals surface area contributed by atoms with Gasteiger partial charge in [0.25, 0.3) is 0 Å². The Hall–Kier alpha value is -1.47. The van der Waals surface area contributed by atoms with E-state index in [2.05, 4.69) is 10.1 Å². The third kappa shape index (κ3) is 3.10. The van der Waals surface area contributed by atoms with Crippen LogP contribution >= 0.6 is 0 Å². The van der Waals surface area contributed by atoms with E-state index in [-0.39, 0.29) is 18.6 Å². The molecule has 1 aromatic heterocycles. The van der Waals surface area contributed by atoms with Gasteiger partial charge in [-0.05, 0) is 7.05 Å². The Morgan fingerprint density at radius 2 is 2.26 bits per heavy atom. The van der Waals surface area contributed by atoms with Crippen LogP contribution in [0.1, 0.15) is 31.5 Å². The molecule has 1 fully saturated rings. The summed E-state index contributed by atoms with van der Waals surface area (Å²) in [5, 5.41) is 13.0. The average molecular weight is 269 g/mol. The highest BCUT2D eigenvalue weighted by Gasteiger charge is 2.37. The standard InChI is InChI=1S/C12H19N3O4/c1-7(2)11-13-10(14-19-11)4-15(3)9-6-18-5-8(9)12(16)17/h7-9H,4-6H2,1-3H3,(H,16,17). The molecule has 7 nitrogen and oxygen atoms in total. The number of hydrogen-bond donors (Lipinski definition) is 1. The number of aromatic nitrogens is 2. The molecule has 1 saturated heterocycles. The first-order valence-electron chi connectivity index (χ1n) is 6.32. The number of hydrogen-bond acceptors (Lipinski definition) is 6. The van der Waals surface area contributed by atoms with Crippen LogP contribution in [0.5, 0.6) is 0 Å². The normalized spacial score (nSPS) is 23.4. The van der Waals surface area contributed by atoms with Gasteiger partial charge in [0.1, 0.15) is 0 Å². The predicted octanol–water partition coefficient (Wildman–Crippen LogP) is 0.724. The number of carboxylic acid groups (broad SMARTS) is 1. The molecule has 19 heavy (non-hydrogen) atoms. The van der Waals surface area contributed by atoms with Crippen molar-refractivity contribution in [3.63, 3.8) is 0 Å². The highest BCUT2D eigenvalue weighted by molar-refractivity contribution is 5.71. The van der Waals surface area contributed by atoms with Crippen molar-refractivity contribution in [1.29, 1.82) is 0 Å². The third-order valence-electron chi connectivity index (χ3n) is 3.30. The molecule has 1 aliphatic rings. The van der Waals surface area contributed by atoms with Crippen LogP contribution in [0.15, 0.2) is 4.52 Å². The van der Waals surface area contributed by atoms with E-state index in [0.717, 1.165) is 0 Å². The maximum Gasteiger partial charge on any atom is 0.310 e. The zero-order valence-electron chi connectivity index (χ0n) is 11.4. The van der Waals surface area contributed by atoms with Crippen LogP contribution in [-0.2, 0) is 16.1 Å². The molecule has 2 rings (SSSR count). The smallest absolute Gasteiger partial charge is 0.310 e. The fourth-order valence-electron chi connectivity index (χ4n) is 2.12. The Balaban J connectivity index is 1.99. The second-order valence-corrected chi connectivity index (χ2v) is 5.17. The fraction of sp³-hybridized carbons (Fsp3) is 0.750. The second kappa shape index (κ2) is 5.66. The molecule has 1 aliphatic heterocycles. The van der Waals surface area contributed by atoms with Gasteiger partial charge in [-0.1, -0.05) is 19.0 Å². The van der Waals surface area contributed by atoms with Crippen molar-refractivity contribution in [2.24, 2.45) is 5.92 Å². The Bertz CT molecular complexity index is 446. The van der Waals surface area contributed by atoms with Crippen LogP contribution in [0.3, 0.4) is 0 Å². The Morgan fingerprint density at radius 1 is 1.53 bits per heavy atom. The van der Waals surface area contributed by atoms with Gasteiger partial charge >= 0.3 is 5.97 Å². The first-order valence-corrected chi connectivity index (χ1v) is 6.32. The van der Waals surface area contributed by atoms with Crippen molar-refractivity contribution >= 4 is 5.97 Å². The molecule has 0 spiro atoms. The molecule has 0 bridgehead atoms. The molecule has 0 saturated carbocycles. The van der Waals surface area contributed by atoms with Gasteiger partial charge in [-0.25, -0.2) is 0 Å². The number of aliphatic carboxylic acids is 1. The van der Waals surface area contributed by atoms with E-state index in [0.29, 0.717) is 24.9 Å². The molecule has 0 radical (unpaired) electrons. The molecule has 0 amide bonds. The highest BCUT2D eigenvalue weighted by Crippen LogP contribution is 2.20. The molecule has 106 valence electrons. The summed E-state index contributed by atoms with van der Waals surface area (Å²) < 4.78 is 10.4. The topological polar surface area (TPSA) is 88.7 Å². The van der Waals surface area contributed by atoms with E-state index < -0.39 is 11.9 Å². The van der Waals surface area contributed by atoms with Gasteiger partial charge in [0.15, 0.2) is 5.82 Å². The summed E-state index contributed by atoms with van der Waals surface area (Å²) in [5.74, 6) is 0.0306. The minimum atomic E-state index is -0.828. The number of carbonyl (C=O) groups is 1. The molecular formula is C12H19N3O4. The summed E-state index contributed by atoms with van der Waals surface area (Å²) in [7, 11) is 1.85. The second-order valence-electron chi connectivity index (χ2n) is 5.17. The van der Waals surface area contributed by atoms with Crippen molar-refractivity contribution in [3.8, 4) is 0 Å². The quantitative estimate of drug-likeness (QED) is 0.842. The molecule has 1 N–H and O–H groups in total. The van der Waals surface area contributed by atoms with Crippen molar-refractivity contribution in [2.75, 3.05) is 20.3 Å². The minimum absolute atomic E-state index is 0.154. The summed E-state index contributed by atoms with van der Waals surface area (Å²) in [5.41, 5.74) is 0. The molecule has 0 aliphatic carbocycles.